The number of nitrogens with one attached hydrogen (secondary N) is 2. The first-order chi connectivity index (χ1) is 24.2. The molecule has 266 valence electrons. The maximum atomic E-state index is 13.0. The summed E-state index contributed by atoms with van der Waals surface area (Å²) < 4.78 is 65.8. The molecule has 5 aromatic rings. The number of aryl methyl sites for hydroxylation is 3. The zero-order valence-electron chi connectivity index (χ0n) is 28.0. The largest absolute Gasteiger partial charge is 0.393 e. The van der Waals surface area contributed by atoms with Gasteiger partial charge in [0.15, 0.2) is 9.84 Å². The maximum absolute atomic E-state index is 13.0. The van der Waals surface area contributed by atoms with Crippen molar-refractivity contribution in [1.82, 2.24) is 19.4 Å². The lowest BCUT2D eigenvalue weighted by molar-refractivity contribution is -0.126. The van der Waals surface area contributed by atoms with Gasteiger partial charge in [0.05, 0.1) is 22.4 Å². The molecule has 3 aromatic heterocycles. The zero-order valence-corrected chi connectivity index (χ0v) is 29.7. The number of thiophene rings is 1. The van der Waals surface area contributed by atoms with E-state index in [1.165, 1.54) is 12.4 Å². The van der Waals surface area contributed by atoms with Gasteiger partial charge >= 0.3 is 6.18 Å². The molecule has 0 atom stereocenters. The minimum atomic E-state index is -4.28. The Morgan fingerprint density at radius 3 is 2.59 bits per heavy atom. The van der Waals surface area contributed by atoms with E-state index in [4.69, 9.17) is 0 Å². The number of piperidine rings is 1. The van der Waals surface area contributed by atoms with E-state index in [0.717, 1.165) is 83.7 Å². The average Bonchev–Trinajstić information content (AvgIpc) is 3.66. The number of nitriles is 1. The zero-order chi connectivity index (χ0) is 36.5. The van der Waals surface area contributed by atoms with Gasteiger partial charge < -0.3 is 15.2 Å². The van der Waals surface area contributed by atoms with Crippen LogP contribution in [-0.4, -0.2) is 65.3 Å². The predicted molar refractivity (Wildman–Crippen MR) is 193 cm³/mol. The highest BCUT2D eigenvalue weighted by molar-refractivity contribution is 7.90. The number of hydrogen-bond acceptors (Lipinski definition) is 9. The lowest BCUT2D eigenvalue weighted by Gasteiger charge is -2.33. The van der Waals surface area contributed by atoms with E-state index in [9.17, 15) is 31.6 Å². The number of carbonyl (C=O) groups is 1. The van der Waals surface area contributed by atoms with Gasteiger partial charge in [0.25, 0.3) is 0 Å². The smallest absolute Gasteiger partial charge is 0.367 e. The monoisotopic (exact) mass is 735 g/mol. The number of alkyl halides is 3. The van der Waals surface area contributed by atoms with Crippen molar-refractivity contribution in [3.05, 3.63) is 88.7 Å². The molecule has 10 nitrogen and oxygen atoms in total. The molecular formula is C36H36F3N7O3S2. The van der Waals surface area contributed by atoms with Crippen molar-refractivity contribution in [3.8, 4) is 6.07 Å². The van der Waals surface area contributed by atoms with E-state index in [2.05, 4.69) is 51.1 Å². The van der Waals surface area contributed by atoms with E-state index in [0.29, 0.717) is 34.7 Å². The molecule has 2 aromatic carbocycles. The summed E-state index contributed by atoms with van der Waals surface area (Å²) in [5.74, 6) is 0.0539. The highest BCUT2D eigenvalue weighted by Crippen LogP contribution is 2.34. The Morgan fingerprint density at radius 1 is 1.14 bits per heavy atom. The fourth-order valence-electron chi connectivity index (χ4n) is 6.56. The second-order valence-corrected chi connectivity index (χ2v) is 15.9. The summed E-state index contributed by atoms with van der Waals surface area (Å²) in [5.41, 5.74) is 4.58. The molecule has 0 spiro atoms. The summed E-state index contributed by atoms with van der Waals surface area (Å²) in [6.07, 6.45) is 0.418. The highest BCUT2D eigenvalue weighted by atomic mass is 32.2. The Morgan fingerprint density at radius 2 is 1.90 bits per heavy atom. The number of hydrogen-bond donors (Lipinski definition) is 2. The number of fused-ring (bicyclic) bond motifs is 2. The molecule has 6 rings (SSSR count). The number of benzene rings is 2. The van der Waals surface area contributed by atoms with E-state index < -0.39 is 28.3 Å². The molecule has 1 fully saturated rings. The van der Waals surface area contributed by atoms with Crippen molar-refractivity contribution in [2.24, 2.45) is 0 Å². The summed E-state index contributed by atoms with van der Waals surface area (Å²) in [6, 6.07) is 14.9. The van der Waals surface area contributed by atoms with Crippen LogP contribution < -0.4 is 10.6 Å². The van der Waals surface area contributed by atoms with Gasteiger partial charge in [-0.2, -0.15) is 18.4 Å². The summed E-state index contributed by atoms with van der Waals surface area (Å²) in [7, 11) is -3.63. The van der Waals surface area contributed by atoms with Gasteiger partial charge in [-0.3, -0.25) is 9.69 Å². The standard InChI is InChI=1S/C36H36F3N7O3S2/c1-4-33(47)44-30-7-5-23(15-32(30)51(3,48)49)9-14-46-26(19-40)16-28-22(2)24(6-8-31(28)46)20-45-12-10-25(11-13-45)43-34-29-17-27(18-36(37,38)39)50-35(29)42-21-41-34/h4-8,15-17,21,25H,1,9-14,18,20H2,2-3H3,(H,44,47)(H,41,42,43). The van der Waals surface area contributed by atoms with Crippen LogP contribution in [0.4, 0.5) is 24.7 Å². The number of anilines is 2. The van der Waals surface area contributed by atoms with Crippen LogP contribution in [0.2, 0.25) is 0 Å². The molecule has 0 unspecified atom stereocenters. The van der Waals surface area contributed by atoms with Gasteiger partial charge in [0, 0.05) is 54.3 Å². The molecule has 4 heterocycles. The normalized spacial score (nSPS) is 14.5. The molecule has 0 aliphatic carbocycles. The number of amides is 1. The highest BCUT2D eigenvalue weighted by Gasteiger charge is 2.29. The van der Waals surface area contributed by atoms with Gasteiger partial charge in [-0.1, -0.05) is 18.7 Å². The third-order valence-corrected chi connectivity index (χ3v) is 11.4. The predicted octanol–water partition coefficient (Wildman–Crippen LogP) is 6.78. The minimum absolute atomic E-state index is 0.0145. The Kier molecular flexibility index (Phi) is 10.2. The molecular weight excluding hydrogens is 700 g/mol. The molecule has 0 saturated carbocycles. The summed E-state index contributed by atoms with van der Waals surface area (Å²) >= 11 is 1.04. The number of carbonyl (C=O) groups excluding carboxylic acids is 1. The van der Waals surface area contributed by atoms with Crippen molar-refractivity contribution in [1.29, 1.82) is 5.26 Å². The number of nitrogens with zero attached hydrogens (tertiary/aromatic N) is 5. The Bertz CT molecular complexity index is 2280. The molecule has 1 aliphatic heterocycles. The molecule has 51 heavy (non-hydrogen) atoms. The van der Waals surface area contributed by atoms with Crippen LogP contribution in [0.5, 0.6) is 0 Å². The van der Waals surface area contributed by atoms with Gasteiger partial charge in [0.2, 0.25) is 5.91 Å². The summed E-state index contributed by atoms with van der Waals surface area (Å²) in [5, 5.41) is 17.6. The van der Waals surface area contributed by atoms with Gasteiger partial charge in [0.1, 0.15) is 28.7 Å². The van der Waals surface area contributed by atoms with Crippen molar-refractivity contribution >= 4 is 59.7 Å². The lowest BCUT2D eigenvalue weighted by atomic mass is 10.0. The van der Waals surface area contributed by atoms with Gasteiger partial charge in [-0.25, -0.2) is 18.4 Å². The minimum Gasteiger partial charge on any atom is -0.367 e. The molecule has 0 radical (unpaired) electrons. The molecule has 2 N–H and O–H groups in total. The fourth-order valence-corrected chi connectivity index (χ4v) is 8.47. The van der Waals surface area contributed by atoms with Crippen LogP contribution >= 0.6 is 11.3 Å². The van der Waals surface area contributed by atoms with Crippen LogP contribution in [0.25, 0.3) is 21.1 Å². The van der Waals surface area contributed by atoms with Crippen LogP contribution in [0.1, 0.15) is 40.1 Å². The fraction of sp³-hybridized carbons (Fsp3) is 0.333. The number of aromatic nitrogens is 3. The van der Waals surface area contributed by atoms with Crippen molar-refractivity contribution < 1.29 is 26.4 Å². The number of rotatable bonds is 11. The number of sulfone groups is 1. The molecule has 1 amide bonds. The van der Waals surface area contributed by atoms with Crippen LogP contribution in [0, 0.1) is 18.3 Å². The lowest BCUT2D eigenvalue weighted by Crippen LogP contribution is -2.39. The maximum Gasteiger partial charge on any atom is 0.393 e. The van der Waals surface area contributed by atoms with Crippen molar-refractivity contribution in [3.63, 3.8) is 0 Å². The first-order valence-corrected chi connectivity index (χ1v) is 19.0. The summed E-state index contributed by atoms with van der Waals surface area (Å²) in [6.45, 7) is 8.29. The number of halogens is 3. The number of likely N-dealkylation sites (tertiary alicyclic amines) is 1. The first-order valence-electron chi connectivity index (χ1n) is 16.3. The second kappa shape index (κ2) is 14.5. The van der Waals surface area contributed by atoms with Crippen LogP contribution in [0.15, 0.2) is 66.3 Å². The van der Waals surface area contributed by atoms with E-state index >= 15 is 0 Å². The van der Waals surface area contributed by atoms with E-state index in [-0.39, 0.29) is 21.5 Å². The summed E-state index contributed by atoms with van der Waals surface area (Å²) in [4.78, 5) is 23.5. The average molecular weight is 736 g/mol. The van der Waals surface area contributed by atoms with Gasteiger partial charge in [-0.15, -0.1) is 11.3 Å². The van der Waals surface area contributed by atoms with Gasteiger partial charge in [-0.05, 0) is 79.3 Å². The van der Waals surface area contributed by atoms with E-state index in [1.54, 1.807) is 18.2 Å². The molecule has 15 heteroatoms. The third-order valence-electron chi connectivity index (χ3n) is 9.17. The van der Waals surface area contributed by atoms with Crippen molar-refractivity contribution in [2.45, 2.75) is 62.8 Å². The quantitative estimate of drug-likeness (QED) is 0.142. The Hall–Kier alpha value is -4.78. The second-order valence-electron chi connectivity index (χ2n) is 12.8. The molecule has 1 saturated heterocycles. The first kappa shape index (κ1) is 36.0. The topological polar surface area (TPSA) is 133 Å². The van der Waals surface area contributed by atoms with Crippen molar-refractivity contribution in [2.75, 3.05) is 30.0 Å². The van der Waals surface area contributed by atoms with Crippen LogP contribution in [0.3, 0.4) is 0 Å². The SMILES string of the molecule is C=CC(=O)Nc1ccc(CCn2c(C#N)cc3c(C)c(CN4CCC(Nc5ncnc6sc(CC(F)(F)F)cc56)CC4)ccc32)cc1S(C)(=O)=O. The Balaban J connectivity index is 1.12. The molecule has 0 bridgehead atoms. The molecule has 1 aliphatic rings. The van der Waals surface area contributed by atoms with Crippen LogP contribution in [-0.2, 0) is 40.6 Å². The third kappa shape index (κ3) is 8.24. The van der Waals surface area contributed by atoms with E-state index in [1.807, 2.05) is 16.7 Å². The Labute approximate surface area is 297 Å².